The first-order valence-electron chi connectivity index (χ1n) is 7.55. The number of hydrogen-bond donors (Lipinski definition) is 2. The van der Waals surface area contributed by atoms with Crippen molar-refractivity contribution in [1.29, 1.82) is 5.26 Å². The number of nitrogens with zero attached hydrogens (tertiary/aromatic N) is 2. The van der Waals surface area contributed by atoms with Gasteiger partial charge in [0.05, 0.1) is 34.1 Å². The molecule has 0 aliphatic rings. The van der Waals surface area contributed by atoms with Crippen molar-refractivity contribution in [2.75, 3.05) is 10.6 Å². The largest absolute Gasteiger partial charge is 0.340 e. The molecule has 7 heteroatoms. The zero-order valence-electron chi connectivity index (χ0n) is 13.3. The fraction of sp³-hybridized carbons (Fsp3) is 0. The van der Waals surface area contributed by atoms with E-state index in [9.17, 15) is 9.18 Å². The molecule has 0 atom stereocenters. The van der Waals surface area contributed by atoms with E-state index in [4.69, 9.17) is 16.9 Å². The lowest BCUT2D eigenvalue weighted by atomic mass is 10.2. The predicted molar refractivity (Wildman–Crippen MR) is 98.0 cm³/mol. The van der Waals surface area contributed by atoms with Gasteiger partial charge in [-0.15, -0.1) is 0 Å². The highest BCUT2D eigenvalue weighted by atomic mass is 35.5. The molecule has 3 rings (SSSR count). The normalized spacial score (nSPS) is 10.0. The van der Waals surface area contributed by atoms with Gasteiger partial charge >= 0.3 is 0 Å². The van der Waals surface area contributed by atoms with Crippen LogP contribution in [0.5, 0.6) is 0 Å². The first-order chi connectivity index (χ1) is 12.6. The van der Waals surface area contributed by atoms with Gasteiger partial charge in [0.25, 0.3) is 5.91 Å². The van der Waals surface area contributed by atoms with Gasteiger partial charge < -0.3 is 10.6 Å². The van der Waals surface area contributed by atoms with Gasteiger partial charge in [-0.3, -0.25) is 4.79 Å². The van der Waals surface area contributed by atoms with Crippen LogP contribution in [-0.4, -0.2) is 10.9 Å². The minimum absolute atomic E-state index is 0.0334. The lowest BCUT2D eigenvalue weighted by Gasteiger charge is -2.09. The highest BCUT2D eigenvalue weighted by molar-refractivity contribution is 6.34. The Morgan fingerprint density at radius 3 is 2.62 bits per heavy atom. The molecular weight excluding hydrogens is 355 g/mol. The second-order valence-electron chi connectivity index (χ2n) is 5.30. The zero-order valence-corrected chi connectivity index (χ0v) is 14.1. The highest BCUT2D eigenvalue weighted by Crippen LogP contribution is 2.21. The van der Waals surface area contributed by atoms with Gasteiger partial charge in [0.2, 0.25) is 0 Å². The summed E-state index contributed by atoms with van der Waals surface area (Å²) in [4.78, 5) is 16.4. The Hall–Kier alpha value is -3.43. The third-order valence-electron chi connectivity index (χ3n) is 3.48. The summed E-state index contributed by atoms with van der Waals surface area (Å²) in [7, 11) is 0. The van der Waals surface area contributed by atoms with Crippen LogP contribution in [0, 0.1) is 17.1 Å². The molecule has 0 aliphatic heterocycles. The molecule has 0 aliphatic carbocycles. The molecule has 1 aromatic heterocycles. The number of nitriles is 1. The Balaban J connectivity index is 1.71. The number of anilines is 3. The van der Waals surface area contributed by atoms with E-state index in [1.54, 1.807) is 36.4 Å². The van der Waals surface area contributed by atoms with Gasteiger partial charge in [-0.25, -0.2) is 9.37 Å². The van der Waals surface area contributed by atoms with Crippen LogP contribution >= 0.6 is 11.6 Å². The fourth-order valence-corrected chi connectivity index (χ4v) is 2.51. The lowest BCUT2D eigenvalue weighted by Crippen LogP contribution is -2.14. The predicted octanol–water partition coefficient (Wildman–Crippen LogP) is 4.74. The first kappa shape index (κ1) is 17.4. The number of halogens is 2. The molecule has 5 nitrogen and oxygen atoms in total. The summed E-state index contributed by atoms with van der Waals surface area (Å²) in [6.07, 6.45) is 1.43. The maximum atomic E-state index is 13.8. The molecule has 0 radical (unpaired) electrons. The fourth-order valence-electron chi connectivity index (χ4n) is 2.26. The molecule has 0 spiro atoms. The average Bonchev–Trinajstić information content (AvgIpc) is 2.63. The third-order valence-corrected chi connectivity index (χ3v) is 3.79. The van der Waals surface area contributed by atoms with Crippen molar-refractivity contribution in [3.8, 4) is 6.07 Å². The topological polar surface area (TPSA) is 77.8 Å². The molecule has 128 valence electrons. The molecule has 0 saturated carbocycles. The summed E-state index contributed by atoms with van der Waals surface area (Å²) in [5.74, 6) is -0.821. The summed E-state index contributed by atoms with van der Waals surface area (Å²) in [6, 6.07) is 16.3. The summed E-state index contributed by atoms with van der Waals surface area (Å²) in [5, 5.41) is 14.6. The van der Waals surface area contributed by atoms with Crippen molar-refractivity contribution < 1.29 is 9.18 Å². The third kappa shape index (κ3) is 3.97. The molecule has 1 amide bonds. The number of pyridine rings is 1. The minimum Gasteiger partial charge on any atom is -0.340 e. The van der Waals surface area contributed by atoms with E-state index in [0.29, 0.717) is 22.8 Å². The number of amides is 1. The summed E-state index contributed by atoms with van der Waals surface area (Å²) < 4.78 is 13.8. The van der Waals surface area contributed by atoms with E-state index in [1.165, 1.54) is 24.4 Å². The van der Waals surface area contributed by atoms with E-state index in [2.05, 4.69) is 21.7 Å². The maximum Gasteiger partial charge on any atom is 0.260 e. The molecule has 26 heavy (non-hydrogen) atoms. The Kier molecular flexibility index (Phi) is 5.11. The van der Waals surface area contributed by atoms with Crippen molar-refractivity contribution in [2.45, 2.75) is 0 Å². The monoisotopic (exact) mass is 366 g/mol. The summed E-state index contributed by atoms with van der Waals surface area (Å²) in [5.41, 5.74) is 1.42. The molecule has 1 heterocycles. The number of hydrogen-bond acceptors (Lipinski definition) is 4. The SMILES string of the molecule is N#Cc1cccc(Nc2ccc(NC(=O)c3c(F)cccc3Cl)cn2)c1. The van der Waals surface area contributed by atoms with Crippen LogP contribution in [0.2, 0.25) is 5.02 Å². The maximum absolute atomic E-state index is 13.8. The minimum atomic E-state index is -0.696. The second-order valence-corrected chi connectivity index (χ2v) is 5.71. The number of rotatable bonds is 4. The van der Waals surface area contributed by atoms with E-state index < -0.39 is 11.7 Å². The molecule has 0 saturated heterocycles. The van der Waals surface area contributed by atoms with Gasteiger partial charge in [-0.2, -0.15) is 5.26 Å². The molecule has 0 bridgehead atoms. The zero-order chi connectivity index (χ0) is 18.5. The Labute approximate surface area is 154 Å². The molecule has 2 aromatic carbocycles. The molecule has 2 N–H and O–H groups in total. The van der Waals surface area contributed by atoms with Gasteiger partial charge in [0.1, 0.15) is 11.6 Å². The van der Waals surface area contributed by atoms with E-state index in [0.717, 1.165) is 0 Å². The Morgan fingerprint density at radius 1 is 1.12 bits per heavy atom. The summed E-state index contributed by atoms with van der Waals surface area (Å²) >= 11 is 5.88. The van der Waals surface area contributed by atoms with Crippen LogP contribution in [0.4, 0.5) is 21.6 Å². The Morgan fingerprint density at radius 2 is 1.92 bits per heavy atom. The van der Waals surface area contributed by atoms with Gasteiger partial charge in [0.15, 0.2) is 0 Å². The number of nitrogens with one attached hydrogen (secondary N) is 2. The molecule has 0 fully saturated rings. The second kappa shape index (κ2) is 7.64. The van der Waals surface area contributed by atoms with Crippen LogP contribution in [0.25, 0.3) is 0 Å². The number of aromatic nitrogens is 1. The van der Waals surface area contributed by atoms with Crippen LogP contribution < -0.4 is 10.6 Å². The lowest BCUT2D eigenvalue weighted by molar-refractivity contribution is 0.102. The van der Waals surface area contributed by atoms with Crippen molar-refractivity contribution >= 4 is 34.7 Å². The van der Waals surface area contributed by atoms with Crippen LogP contribution in [-0.2, 0) is 0 Å². The van der Waals surface area contributed by atoms with Crippen molar-refractivity contribution in [3.63, 3.8) is 0 Å². The highest BCUT2D eigenvalue weighted by Gasteiger charge is 2.15. The van der Waals surface area contributed by atoms with Crippen LogP contribution in [0.3, 0.4) is 0 Å². The summed E-state index contributed by atoms with van der Waals surface area (Å²) in [6.45, 7) is 0. The molecule has 0 unspecified atom stereocenters. The van der Waals surface area contributed by atoms with E-state index in [1.807, 2.05) is 0 Å². The van der Waals surface area contributed by atoms with Gasteiger partial charge in [-0.1, -0.05) is 23.7 Å². The quantitative estimate of drug-likeness (QED) is 0.699. The van der Waals surface area contributed by atoms with E-state index >= 15 is 0 Å². The van der Waals surface area contributed by atoms with Gasteiger partial charge in [0, 0.05) is 5.69 Å². The number of carbonyl (C=O) groups excluding carboxylic acids is 1. The first-order valence-corrected chi connectivity index (χ1v) is 7.93. The van der Waals surface area contributed by atoms with Gasteiger partial charge in [-0.05, 0) is 42.5 Å². The Bertz CT molecular complexity index is 979. The van der Waals surface area contributed by atoms with Crippen LogP contribution in [0.15, 0.2) is 60.8 Å². The van der Waals surface area contributed by atoms with Crippen LogP contribution in [0.1, 0.15) is 15.9 Å². The van der Waals surface area contributed by atoms with Crippen molar-refractivity contribution in [1.82, 2.24) is 4.98 Å². The van der Waals surface area contributed by atoms with E-state index in [-0.39, 0.29) is 10.6 Å². The average molecular weight is 367 g/mol. The molecular formula is C19H12ClFN4O. The molecule has 3 aromatic rings. The standard InChI is InChI=1S/C19H12ClFN4O/c20-15-5-2-6-16(21)18(15)19(26)25-14-7-8-17(23-11-14)24-13-4-1-3-12(9-13)10-22/h1-9,11H,(H,23,24)(H,25,26). The van der Waals surface area contributed by atoms with Crippen molar-refractivity contribution in [3.05, 3.63) is 82.8 Å². The smallest absolute Gasteiger partial charge is 0.260 e. The van der Waals surface area contributed by atoms with Crippen molar-refractivity contribution in [2.24, 2.45) is 0 Å². The number of benzene rings is 2. The number of carbonyl (C=O) groups is 1.